The molecule has 1 atom stereocenters. The SMILES string of the molecule is O=C(Nc1cccnc1N1CCC(N2CCCOC2=O)CC1)c1[nH]c2cc(Cl)cc3c2c1-c1c(-c2ccccc2)ncn1C3c1ccc(Cl)cc1. The lowest BCUT2D eigenvalue weighted by molar-refractivity contribution is 0.0499. The number of halogens is 2. The fourth-order valence-corrected chi connectivity index (χ4v) is 8.27. The Balaban J connectivity index is 1.11. The number of nitrogens with zero attached hydrogens (tertiary/aromatic N) is 5. The van der Waals surface area contributed by atoms with Crippen molar-refractivity contribution in [3.8, 4) is 22.5 Å². The molecular weight excluding hydrogens is 685 g/mol. The molecule has 0 spiro atoms. The average Bonchev–Trinajstić information content (AvgIpc) is 3.76. The number of pyridine rings is 1. The van der Waals surface area contributed by atoms with Crippen LogP contribution in [0.4, 0.5) is 16.3 Å². The van der Waals surface area contributed by atoms with Crippen molar-refractivity contribution in [3.05, 3.63) is 118 Å². The number of H-pyrrole nitrogens is 1. The fraction of sp³-hybridized carbons (Fsp3) is 0.231. The number of ether oxygens (including phenoxy) is 1. The predicted octanol–water partition coefficient (Wildman–Crippen LogP) is 8.41. The number of fused-ring (bicyclic) bond motifs is 2. The van der Waals surface area contributed by atoms with Crippen molar-refractivity contribution in [3.63, 3.8) is 0 Å². The second-order valence-corrected chi connectivity index (χ2v) is 14.0. The highest BCUT2D eigenvalue weighted by atomic mass is 35.5. The fourth-order valence-electron chi connectivity index (χ4n) is 7.92. The van der Waals surface area contributed by atoms with E-state index in [0.717, 1.165) is 70.4 Å². The number of benzene rings is 3. The number of nitrogens with one attached hydrogen (secondary N) is 2. The number of carbonyl (C=O) groups is 2. The maximum Gasteiger partial charge on any atom is 0.410 e. The van der Waals surface area contributed by atoms with Crippen LogP contribution in [0.5, 0.6) is 0 Å². The molecule has 2 saturated heterocycles. The molecule has 0 saturated carbocycles. The van der Waals surface area contributed by atoms with Gasteiger partial charge in [-0.25, -0.2) is 14.8 Å². The number of anilines is 2. The summed E-state index contributed by atoms with van der Waals surface area (Å²) in [6, 6.07) is 25.2. The lowest BCUT2D eigenvalue weighted by atomic mass is 9.88. The Bertz CT molecular complexity index is 2300. The number of rotatable bonds is 6. The molecule has 12 heteroatoms. The minimum absolute atomic E-state index is 0.122. The van der Waals surface area contributed by atoms with Gasteiger partial charge in [-0.2, -0.15) is 0 Å². The van der Waals surface area contributed by atoms with E-state index < -0.39 is 0 Å². The summed E-state index contributed by atoms with van der Waals surface area (Å²) in [7, 11) is 0. The van der Waals surface area contributed by atoms with Crippen LogP contribution in [-0.4, -0.2) is 68.7 Å². The molecule has 3 aromatic carbocycles. The van der Waals surface area contributed by atoms with Gasteiger partial charge in [-0.05, 0) is 66.8 Å². The summed E-state index contributed by atoms with van der Waals surface area (Å²) in [5.41, 5.74) is 7.04. The summed E-state index contributed by atoms with van der Waals surface area (Å²) in [6.07, 6.45) is 5.77. The number of hydrogen-bond acceptors (Lipinski definition) is 6. The van der Waals surface area contributed by atoms with Gasteiger partial charge in [0, 0.05) is 63.9 Å². The molecular formula is C39H33Cl2N7O3. The molecule has 51 heavy (non-hydrogen) atoms. The van der Waals surface area contributed by atoms with E-state index in [1.54, 1.807) is 6.20 Å². The third-order valence-corrected chi connectivity index (χ3v) is 10.7. The average molecular weight is 719 g/mol. The van der Waals surface area contributed by atoms with Crippen LogP contribution in [0.15, 0.2) is 91.4 Å². The van der Waals surface area contributed by atoms with Crippen molar-refractivity contribution in [2.24, 2.45) is 0 Å². The maximum atomic E-state index is 14.6. The number of piperidine rings is 1. The van der Waals surface area contributed by atoms with Gasteiger partial charge >= 0.3 is 6.09 Å². The number of aromatic amines is 1. The molecule has 256 valence electrons. The Hall–Kier alpha value is -5.32. The van der Waals surface area contributed by atoms with Gasteiger partial charge in [-0.15, -0.1) is 0 Å². The third-order valence-electron chi connectivity index (χ3n) is 10.2. The largest absolute Gasteiger partial charge is 0.449 e. The molecule has 6 heterocycles. The van der Waals surface area contributed by atoms with Crippen molar-refractivity contribution in [1.29, 1.82) is 0 Å². The minimum Gasteiger partial charge on any atom is -0.449 e. The number of amides is 2. The third kappa shape index (κ3) is 5.50. The molecule has 2 fully saturated rings. The van der Waals surface area contributed by atoms with Crippen molar-refractivity contribution in [2.75, 3.05) is 36.5 Å². The van der Waals surface area contributed by atoms with Gasteiger partial charge < -0.3 is 29.4 Å². The highest BCUT2D eigenvalue weighted by Crippen LogP contribution is 2.50. The molecule has 0 radical (unpaired) electrons. The molecule has 3 aliphatic heterocycles. The smallest absolute Gasteiger partial charge is 0.410 e. The summed E-state index contributed by atoms with van der Waals surface area (Å²) in [5.74, 6) is 0.386. The molecule has 2 amide bonds. The second-order valence-electron chi connectivity index (χ2n) is 13.2. The van der Waals surface area contributed by atoms with E-state index in [1.807, 2.05) is 90.1 Å². The molecule has 10 nitrogen and oxygen atoms in total. The quantitative estimate of drug-likeness (QED) is 0.179. The number of hydrogen-bond donors (Lipinski definition) is 2. The summed E-state index contributed by atoms with van der Waals surface area (Å²) >= 11 is 13.1. The normalized spacial score (nSPS) is 17.4. The van der Waals surface area contributed by atoms with Crippen LogP contribution in [0, 0.1) is 0 Å². The first-order valence-corrected chi connectivity index (χ1v) is 17.9. The summed E-state index contributed by atoms with van der Waals surface area (Å²) in [4.78, 5) is 44.1. The number of aromatic nitrogens is 4. The maximum absolute atomic E-state index is 14.6. The van der Waals surface area contributed by atoms with Gasteiger partial charge in [0.05, 0.1) is 36.1 Å². The first kappa shape index (κ1) is 31.6. The van der Waals surface area contributed by atoms with E-state index in [-0.39, 0.29) is 24.1 Å². The first-order chi connectivity index (χ1) is 24.9. The molecule has 1 unspecified atom stereocenters. The van der Waals surface area contributed by atoms with Crippen molar-refractivity contribution >= 4 is 57.6 Å². The Morgan fingerprint density at radius 2 is 1.73 bits per heavy atom. The Kier molecular flexibility index (Phi) is 7.93. The van der Waals surface area contributed by atoms with Crippen LogP contribution in [0.1, 0.15) is 46.9 Å². The van der Waals surface area contributed by atoms with Gasteiger partial charge in [0.15, 0.2) is 5.82 Å². The van der Waals surface area contributed by atoms with Crippen LogP contribution in [0.3, 0.4) is 0 Å². The van der Waals surface area contributed by atoms with E-state index in [2.05, 4.69) is 19.8 Å². The van der Waals surface area contributed by atoms with Gasteiger partial charge in [0.25, 0.3) is 5.91 Å². The van der Waals surface area contributed by atoms with Crippen LogP contribution < -0.4 is 10.2 Å². The molecule has 2 N–H and O–H groups in total. The first-order valence-electron chi connectivity index (χ1n) is 17.1. The zero-order chi connectivity index (χ0) is 34.6. The lowest BCUT2D eigenvalue weighted by Crippen LogP contribution is -2.50. The topological polar surface area (TPSA) is 108 Å². The van der Waals surface area contributed by atoms with Gasteiger partial charge in [0.1, 0.15) is 5.69 Å². The molecule has 3 aromatic heterocycles. The molecule has 0 aliphatic carbocycles. The van der Waals surface area contributed by atoms with Gasteiger partial charge in [0.2, 0.25) is 0 Å². The van der Waals surface area contributed by atoms with Crippen molar-refractivity contribution < 1.29 is 14.3 Å². The van der Waals surface area contributed by atoms with Gasteiger partial charge in [-0.1, -0.05) is 65.7 Å². The number of carbonyl (C=O) groups excluding carboxylic acids is 2. The number of imidazole rings is 1. The monoisotopic (exact) mass is 717 g/mol. The van der Waals surface area contributed by atoms with Gasteiger partial charge in [-0.3, -0.25) is 4.79 Å². The zero-order valence-corrected chi connectivity index (χ0v) is 29.0. The molecule has 9 rings (SSSR count). The Morgan fingerprint density at radius 1 is 0.922 bits per heavy atom. The van der Waals surface area contributed by atoms with Crippen LogP contribution in [-0.2, 0) is 4.74 Å². The van der Waals surface area contributed by atoms with Crippen molar-refractivity contribution in [1.82, 2.24) is 24.4 Å². The van der Waals surface area contributed by atoms with Crippen LogP contribution >= 0.6 is 23.2 Å². The standard InChI is InChI=1S/C39H33Cl2N7O3/c40-25-11-9-24(10-12-25)35-28-20-26(41)21-30-31(28)32(36-33(43-22-48(35)36)23-6-2-1-3-7-23)34(44-30)38(49)45-29-8-4-15-42-37(29)46-17-13-27(14-18-46)47-16-5-19-51-39(47)50/h1-4,6-12,15,20-22,27,35,44H,5,13-14,16-19H2,(H,45,49). The summed E-state index contributed by atoms with van der Waals surface area (Å²) in [6.45, 7) is 2.59. The van der Waals surface area contributed by atoms with Crippen LogP contribution in [0.2, 0.25) is 10.0 Å². The predicted molar refractivity (Wildman–Crippen MR) is 199 cm³/mol. The highest BCUT2D eigenvalue weighted by molar-refractivity contribution is 6.32. The Morgan fingerprint density at radius 3 is 2.51 bits per heavy atom. The summed E-state index contributed by atoms with van der Waals surface area (Å²) in [5, 5.41) is 5.31. The van der Waals surface area contributed by atoms with E-state index in [4.69, 9.17) is 37.9 Å². The molecule has 3 aliphatic rings. The van der Waals surface area contributed by atoms with E-state index >= 15 is 0 Å². The van der Waals surface area contributed by atoms with Crippen molar-refractivity contribution in [2.45, 2.75) is 31.3 Å². The molecule has 0 bridgehead atoms. The number of cyclic esters (lactones) is 1. The lowest BCUT2D eigenvalue weighted by Gasteiger charge is -2.40. The van der Waals surface area contributed by atoms with E-state index in [0.29, 0.717) is 46.9 Å². The zero-order valence-electron chi connectivity index (χ0n) is 27.5. The second kappa shape index (κ2) is 12.8. The highest BCUT2D eigenvalue weighted by Gasteiger charge is 2.37. The molecule has 6 aromatic rings. The summed E-state index contributed by atoms with van der Waals surface area (Å²) < 4.78 is 7.42. The van der Waals surface area contributed by atoms with E-state index in [1.165, 1.54) is 0 Å². The Labute approximate surface area is 304 Å². The van der Waals surface area contributed by atoms with E-state index in [9.17, 15) is 9.59 Å². The van der Waals surface area contributed by atoms with Crippen LogP contribution in [0.25, 0.3) is 33.4 Å². The minimum atomic E-state index is -0.305.